The normalized spacial score (nSPS) is 31.0. The topological polar surface area (TPSA) is 20.3 Å². The van der Waals surface area contributed by atoms with E-state index >= 15 is 0 Å². The number of carbonyl (C=O) groups is 1. The van der Waals surface area contributed by atoms with Crippen molar-refractivity contribution in [3.63, 3.8) is 0 Å². The van der Waals surface area contributed by atoms with Crippen LogP contribution in [0.4, 0.5) is 0 Å². The Hall–Kier alpha value is -0.0500. The van der Waals surface area contributed by atoms with Crippen molar-refractivity contribution >= 4 is 21.8 Å². The van der Waals surface area contributed by atoms with E-state index in [9.17, 15) is 4.79 Å². The molecule has 0 aromatic heterocycles. The molecule has 1 rings (SSSR count). The summed E-state index contributed by atoms with van der Waals surface area (Å²) in [6.07, 6.45) is 0.974. The van der Waals surface area contributed by atoms with Gasteiger partial charge < -0.3 is 4.90 Å². The van der Waals surface area contributed by atoms with E-state index in [-0.39, 0.29) is 5.41 Å². The van der Waals surface area contributed by atoms with Gasteiger partial charge in [-0.2, -0.15) is 0 Å². The summed E-state index contributed by atoms with van der Waals surface area (Å²) in [4.78, 5) is 14.6. The first-order valence-corrected chi connectivity index (χ1v) is 6.19. The van der Waals surface area contributed by atoms with Crippen molar-refractivity contribution < 1.29 is 4.79 Å². The van der Waals surface area contributed by atoms with Crippen LogP contribution in [0, 0.1) is 5.41 Å². The molecule has 3 heteroatoms. The third kappa shape index (κ3) is 1.97. The lowest BCUT2D eigenvalue weighted by atomic mass is 10.1. The first-order chi connectivity index (χ1) is 6.30. The van der Waals surface area contributed by atoms with Crippen molar-refractivity contribution in [2.75, 3.05) is 0 Å². The van der Waals surface area contributed by atoms with Crippen LogP contribution in [0.25, 0.3) is 0 Å². The lowest BCUT2D eigenvalue weighted by molar-refractivity contribution is -0.139. The zero-order valence-electron chi connectivity index (χ0n) is 9.67. The average Bonchev–Trinajstić information content (AvgIpc) is 2.59. The summed E-state index contributed by atoms with van der Waals surface area (Å²) in [5.74, 6) is 0.296. The Kier molecular flexibility index (Phi) is 3.30. The van der Waals surface area contributed by atoms with Crippen LogP contribution in [0.2, 0.25) is 0 Å². The lowest BCUT2D eigenvalue weighted by Gasteiger charge is -2.33. The molecule has 0 bridgehead atoms. The maximum Gasteiger partial charge on any atom is 0.230 e. The molecule has 82 valence electrons. The molecule has 0 radical (unpaired) electrons. The van der Waals surface area contributed by atoms with Gasteiger partial charge in [-0.25, -0.2) is 0 Å². The molecule has 0 saturated heterocycles. The van der Waals surface area contributed by atoms with E-state index in [1.807, 2.05) is 11.8 Å². The van der Waals surface area contributed by atoms with E-state index in [4.69, 9.17) is 0 Å². The Morgan fingerprint density at radius 3 is 1.93 bits per heavy atom. The zero-order valence-corrected chi connectivity index (χ0v) is 11.3. The van der Waals surface area contributed by atoms with E-state index in [1.54, 1.807) is 0 Å². The maximum absolute atomic E-state index is 12.2. The van der Waals surface area contributed by atoms with E-state index in [2.05, 4.69) is 43.6 Å². The molecule has 1 saturated carbocycles. The molecule has 2 nitrogen and oxygen atoms in total. The fourth-order valence-corrected chi connectivity index (χ4v) is 2.76. The number of rotatable bonds is 3. The zero-order chi connectivity index (χ0) is 11.1. The molecule has 0 aliphatic heterocycles. The van der Waals surface area contributed by atoms with Gasteiger partial charge in [0.15, 0.2) is 0 Å². The predicted molar refractivity (Wildman–Crippen MR) is 62.6 cm³/mol. The van der Waals surface area contributed by atoms with E-state index in [0.29, 0.717) is 22.8 Å². The summed E-state index contributed by atoms with van der Waals surface area (Å²) in [5.41, 5.74) is -0.144. The summed E-state index contributed by atoms with van der Waals surface area (Å²) >= 11 is 3.52. The van der Waals surface area contributed by atoms with Crippen molar-refractivity contribution in [3.05, 3.63) is 0 Å². The van der Waals surface area contributed by atoms with Crippen molar-refractivity contribution in [1.82, 2.24) is 4.90 Å². The second kappa shape index (κ2) is 3.84. The minimum atomic E-state index is -0.144. The molecule has 14 heavy (non-hydrogen) atoms. The molecule has 1 fully saturated rings. The van der Waals surface area contributed by atoms with Crippen molar-refractivity contribution in [2.45, 2.75) is 58.0 Å². The number of carbonyl (C=O) groups excluding carboxylic acids is 1. The first-order valence-electron chi connectivity index (χ1n) is 5.27. The second-order valence-corrected chi connectivity index (χ2v) is 6.09. The highest BCUT2D eigenvalue weighted by atomic mass is 79.9. The van der Waals surface area contributed by atoms with Crippen LogP contribution < -0.4 is 0 Å². The van der Waals surface area contributed by atoms with Gasteiger partial charge in [-0.3, -0.25) is 4.79 Å². The van der Waals surface area contributed by atoms with Gasteiger partial charge in [-0.15, -0.1) is 0 Å². The van der Waals surface area contributed by atoms with Crippen LogP contribution in [-0.2, 0) is 4.79 Å². The van der Waals surface area contributed by atoms with Crippen LogP contribution >= 0.6 is 15.9 Å². The van der Waals surface area contributed by atoms with E-state index in [0.717, 1.165) is 6.42 Å². The van der Waals surface area contributed by atoms with E-state index in [1.165, 1.54) is 0 Å². The maximum atomic E-state index is 12.2. The molecule has 2 atom stereocenters. The smallest absolute Gasteiger partial charge is 0.230 e. The summed E-state index contributed by atoms with van der Waals surface area (Å²) < 4.78 is 0. The van der Waals surface area contributed by atoms with Crippen LogP contribution in [0.1, 0.15) is 41.0 Å². The van der Waals surface area contributed by atoms with Crippen molar-refractivity contribution in [3.8, 4) is 0 Å². The number of nitrogens with zero attached hydrogens (tertiary/aromatic N) is 1. The fourth-order valence-electron chi connectivity index (χ4n) is 1.89. The highest BCUT2D eigenvalue weighted by Gasteiger charge is 2.56. The predicted octanol–water partition coefficient (Wildman–Crippen LogP) is 2.81. The lowest BCUT2D eigenvalue weighted by Crippen LogP contribution is -2.45. The fraction of sp³-hybridized carbons (Fsp3) is 0.909. The Balaban J connectivity index is 2.75. The first kappa shape index (κ1) is 12.0. The van der Waals surface area contributed by atoms with Gasteiger partial charge in [0.1, 0.15) is 0 Å². The van der Waals surface area contributed by atoms with Crippen LogP contribution in [0.3, 0.4) is 0 Å². The number of alkyl halides is 1. The Labute approximate surface area is 95.2 Å². The third-order valence-corrected chi connectivity index (χ3v) is 4.30. The molecule has 0 aromatic carbocycles. The largest absolute Gasteiger partial charge is 0.337 e. The molecule has 1 amide bonds. The number of hydrogen-bond acceptors (Lipinski definition) is 1. The summed E-state index contributed by atoms with van der Waals surface area (Å²) in [6.45, 7) is 10.4. The quantitative estimate of drug-likeness (QED) is 0.716. The van der Waals surface area contributed by atoms with Crippen LogP contribution in [-0.4, -0.2) is 27.7 Å². The van der Waals surface area contributed by atoms with E-state index < -0.39 is 0 Å². The molecule has 0 heterocycles. The highest BCUT2D eigenvalue weighted by Crippen LogP contribution is 2.52. The molecule has 0 spiro atoms. The van der Waals surface area contributed by atoms with Gasteiger partial charge in [0.25, 0.3) is 0 Å². The number of halogens is 1. The van der Waals surface area contributed by atoms with Crippen LogP contribution in [0.5, 0.6) is 0 Å². The Bertz CT molecular complexity index is 231. The van der Waals surface area contributed by atoms with Crippen molar-refractivity contribution in [2.24, 2.45) is 5.41 Å². The molecule has 0 aromatic rings. The van der Waals surface area contributed by atoms with Gasteiger partial charge in [0, 0.05) is 16.9 Å². The van der Waals surface area contributed by atoms with Gasteiger partial charge in [0.05, 0.1) is 5.41 Å². The van der Waals surface area contributed by atoms with Crippen LogP contribution in [0.15, 0.2) is 0 Å². The number of amides is 1. The molecule has 1 aliphatic carbocycles. The van der Waals surface area contributed by atoms with Gasteiger partial charge >= 0.3 is 0 Å². The second-order valence-electron chi connectivity index (χ2n) is 4.99. The van der Waals surface area contributed by atoms with Gasteiger partial charge in [0.2, 0.25) is 5.91 Å². The third-order valence-electron chi connectivity index (χ3n) is 2.97. The minimum absolute atomic E-state index is 0.144. The SMILES string of the molecule is CC(C)N(C(=O)C1(C)CC1Br)C(C)C. The monoisotopic (exact) mass is 261 g/mol. The van der Waals surface area contributed by atoms with Gasteiger partial charge in [-0.1, -0.05) is 15.9 Å². The standard InChI is InChI=1S/C11H20BrNO/c1-7(2)13(8(3)4)10(14)11(5)6-9(11)12/h7-9H,6H2,1-5H3. The summed E-state index contributed by atoms with van der Waals surface area (Å²) in [6, 6.07) is 0.583. The summed E-state index contributed by atoms with van der Waals surface area (Å²) in [7, 11) is 0. The highest BCUT2D eigenvalue weighted by molar-refractivity contribution is 9.09. The molecule has 1 aliphatic rings. The molecule has 2 unspecified atom stereocenters. The van der Waals surface area contributed by atoms with Gasteiger partial charge in [-0.05, 0) is 41.0 Å². The number of hydrogen-bond donors (Lipinski definition) is 0. The average molecular weight is 262 g/mol. The molecular weight excluding hydrogens is 242 g/mol. The van der Waals surface area contributed by atoms with Crippen molar-refractivity contribution in [1.29, 1.82) is 0 Å². The molecule has 0 N–H and O–H groups in total. The summed E-state index contributed by atoms with van der Waals surface area (Å²) in [5, 5.41) is 0. The Morgan fingerprint density at radius 1 is 1.36 bits per heavy atom. The molecular formula is C11H20BrNO. The minimum Gasteiger partial charge on any atom is -0.337 e. The Morgan fingerprint density at radius 2 is 1.71 bits per heavy atom.